The normalized spacial score (nSPS) is 19.3. The summed E-state index contributed by atoms with van der Waals surface area (Å²) in [6.07, 6.45) is 1.26. The van der Waals surface area contributed by atoms with Crippen molar-refractivity contribution in [2.75, 3.05) is 32.3 Å². The molecular weight excluding hydrogens is 318 g/mol. The van der Waals surface area contributed by atoms with Crippen LogP contribution in [-0.2, 0) is 9.84 Å². The van der Waals surface area contributed by atoms with Crippen molar-refractivity contribution in [3.8, 4) is 11.5 Å². The molecule has 1 atom stereocenters. The number of methoxy groups -OCH3 is 2. The van der Waals surface area contributed by atoms with E-state index in [9.17, 15) is 13.2 Å². The lowest BCUT2D eigenvalue weighted by Crippen LogP contribution is -2.41. The third-order valence-corrected chi connectivity index (χ3v) is 5.76. The van der Waals surface area contributed by atoms with Gasteiger partial charge in [0.05, 0.1) is 31.3 Å². The van der Waals surface area contributed by atoms with E-state index in [1.165, 1.54) is 7.11 Å². The first kappa shape index (κ1) is 17.6. The van der Waals surface area contributed by atoms with E-state index in [2.05, 4.69) is 0 Å². The molecule has 1 saturated heterocycles. The zero-order valence-corrected chi connectivity index (χ0v) is 14.6. The van der Waals surface area contributed by atoms with Crippen molar-refractivity contribution in [2.45, 2.75) is 25.8 Å². The highest BCUT2D eigenvalue weighted by Crippen LogP contribution is 2.28. The van der Waals surface area contributed by atoms with E-state index in [0.717, 1.165) is 6.42 Å². The third-order valence-electron chi connectivity index (χ3n) is 4.01. The summed E-state index contributed by atoms with van der Waals surface area (Å²) < 4.78 is 33.9. The summed E-state index contributed by atoms with van der Waals surface area (Å²) in [6.45, 7) is 2.49. The Labute approximate surface area is 137 Å². The molecule has 1 aliphatic heterocycles. The zero-order valence-electron chi connectivity index (χ0n) is 13.7. The maximum Gasteiger partial charge on any atom is 0.257 e. The molecule has 1 unspecified atom stereocenters. The van der Waals surface area contributed by atoms with Gasteiger partial charge in [-0.05, 0) is 25.0 Å². The monoisotopic (exact) mass is 341 g/mol. The predicted molar refractivity (Wildman–Crippen MR) is 87.9 cm³/mol. The molecule has 7 heteroatoms. The summed E-state index contributed by atoms with van der Waals surface area (Å²) >= 11 is 0. The first-order chi connectivity index (χ1) is 10.9. The number of ether oxygens (including phenoxy) is 2. The van der Waals surface area contributed by atoms with Gasteiger partial charge in [0.1, 0.15) is 11.5 Å². The highest BCUT2D eigenvalue weighted by molar-refractivity contribution is 7.91. The van der Waals surface area contributed by atoms with E-state index in [4.69, 9.17) is 9.47 Å². The van der Waals surface area contributed by atoms with Crippen molar-refractivity contribution < 1.29 is 22.7 Å². The van der Waals surface area contributed by atoms with Crippen molar-refractivity contribution in [3.63, 3.8) is 0 Å². The Balaban J connectivity index is 2.31. The number of hydrogen-bond acceptors (Lipinski definition) is 5. The second kappa shape index (κ2) is 7.21. The van der Waals surface area contributed by atoms with Crippen molar-refractivity contribution in [1.82, 2.24) is 4.90 Å². The van der Waals surface area contributed by atoms with Gasteiger partial charge in [-0.3, -0.25) is 4.79 Å². The lowest BCUT2D eigenvalue weighted by Gasteiger charge is -2.28. The molecule has 2 rings (SSSR count). The minimum absolute atomic E-state index is 0.0389. The van der Waals surface area contributed by atoms with Gasteiger partial charge in [-0.2, -0.15) is 0 Å². The fourth-order valence-electron chi connectivity index (χ4n) is 2.84. The van der Waals surface area contributed by atoms with Crippen LogP contribution in [0.2, 0.25) is 0 Å². The SMILES string of the molecule is CCCN(C(=O)c1ccc(OC)cc1OC)C1CCS(=O)(=O)C1. The number of carbonyl (C=O) groups excluding carboxylic acids is 1. The van der Waals surface area contributed by atoms with Crippen LogP contribution in [0.3, 0.4) is 0 Å². The molecular formula is C16H23NO5S. The standard InChI is InChI=1S/C16H23NO5S/c1-4-8-17(12-7-9-23(19,20)11-12)16(18)14-6-5-13(21-2)10-15(14)22-3/h5-6,10,12H,4,7-9,11H2,1-3H3. The first-order valence-electron chi connectivity index (χ1n) is 7.65. The van der Waals surface area contributed by atoms with Gasteiger partial charge >= 0.3 is 0 Å². The van der Waals surface area contributed by atoms with Crippen LogP contribution in [0.5, 0.6) is 11.5 Å². The summed E-state index contributed by atoms with van der Waals surface area (Å²) in [6, 6.07) is 4.75. The Hall–Kier alpha value is -1.76. The van der Waals surface area contributed by atoms with Crippen molar-refractivity contribution in [2.24, 2.45) is 0 Å². The molecule has 128 valence electrons. The van der Waals surface area contributed by atoms with E-state index >= 15 is 0 Å². The first-order valence-corrected chi connectivity index (χ1v) is 9.47. The highest BCUT2D eigenvalue weighted by Gasteiger charge is 2.35. The second-order valence-corrected chi connectivity index (χ2v) is 7.85. The Morgan fingerprint density at radius 2 is 2.04 bits per heavy atom. The number of rotatable bonds is 6. The molecule has 1 fully saturated rings. The molecule has 1 amide bonds. The Kier molecular flexibility index (Phi) is 5.51. The predicted octanol–water partition coefficient (Wildman–Crippen LogP) is 1.74. The van der Waals surface area contributed by atoms with Crippen LogP contribution in [0.25, 0.3) is 0 Å². The number of hydrogen-bond donors (Lipinski definition) is 0. The summed E-state index contributed by atoms with van der Waals surface area (Å²) in [5, 5.41) is 0. The van der Waals surface area contributed by atoms with Crippen LogP contribution >= 0.6 is 0 Å². The molecule has 0 saturated carbocycles. The van der Waals surface area contributed by atoms with Crippen LogP contribution in [-0.4, -0.2) is 57.5 Å². The van der Waals surface area contributed by atoms with Crippen LogP contribution < -0.4 is 9.47 Å². The van der Waals surface area contributed by atoms with Gasteiger partial charge in [0.25, 0.3) is 5.91 Å². The molecule has 1 aliphatic rings. The van der Waals surface area contributed by atoms with Crippen LogP contribution in [0.15, 0.2) is 18.2 Å². The fraction of sp³-hybridized carbons (Fsp3) is 0.562. The quantitative estimate of drug-likeness (QED) is 0.788. The van der Waals surface area contributed by atoms with Crippen LogP contribution in [0.1, 0.15) is 30.1 Å². The van der Waals surface area contributed by atoms with Gasteiger partial charge in [-0.15, -0.1) is 0 Å². The zero-order chi connectivity index (χ0) is 17.0. The smallest absolute Gasteiger partial charge is 0.257 e. The number of carbonyl (C=O) groups is 1. The molecule has 0 spiro atoms. The van der Waals surface area contributed by atoms with E-state index in [-0.39, 0.29) is 23.5 Å². The molecule has 1 heterocycles. The summed E-state index contributed by atoms with van der Waals surface area (Å²) in [5.74, 6) is 1.01. The summed E-state index contributed by atoms with van der Waals surface area (Å²) in [4.78, 5) is 14.6. The van der Waals surface area contributed by atoms with Gasteiger partial charge in [-0.25, -0.2) is 8.42 Å². The fourth-order valence-corrected chi connectivity index (χ4v) is 4.57. The summed E-state index contributed by atoms with van der Waals surface area (Å²) in [5.41, 5.74) is 0.422. The third kappa shape index (κ3) is 3.96. The molecule has 6 nitrogen and oxygen atoms in total. The van der Waals surface area contributed by atoms with E-state index < -0.39 is 9.84 Å². The Morgan fingerprint density at radius 3 is 2.57 bits per heavy atom. The summed E-state index contributed by atoms with van der Waals surface area (Å²) in [7, 11) is -0.00554. The highest BCUT2D eigenvalue weighted by atomic mass is 32.2. The van der Waals surface area contributed by atoms with Crippen molar-refractivity contribution >= 4 is 15.7 Å². The minimum atomic E-state index is -3.05. The molecule has 0 bridgehead atoms. The van der Waals surface area contributed by atoms with Gasteiger partial charge in [-0.1, -0.05) is 6.92 Å². The number of sulfone groups is 1. The number of nitrogens with zero attached hydrogens (tertiary/aromatic N) is 1. The van der Waals surface area contributed by atoms with E-state index in [0.29, 0.717) is 30.0 Å². The average Bonchev–Trinajstić information content (AvgIpc) is 2.91. The molecule has 0 N–H and O–H groups in total. The molecule has 1 aromatic rings. The number of benzene rings is 1. The topological polar surface area (TPSA) is 72.9 Å². The van der Waals surface area contributed by atoms with E-state index in [1.54, 1.807) is 30.2 Å². The van der Waals surface area contributed by atoms with Crippen molar-refractivity contribution in [3.05, 3.63) is 23.8 Å². The average molecular weight is 341 g/mol. The Morgan fingerprint density at radius 1 is 1.30 bits per heavy atom. The number of amides is 1. The van der Waals surface area contributed by atoms with Crippen LogP contribution in [0.4, 0.5) is 0 Å². The molecule has 0 aliphatic carbocycles. The van der Waals surface area contributed by atoms with Crippen molar-refractivity contribution in [1.29, 1.82) is 0 Å². The molecule has 0 radical (unpaired) electrons. The van der Waals surface area contributed by atoms with Gasteiger partial charge < -0.3 is 14.4 Å². The van der Waals surface area contributed by atoms with E-state index in [1.807, 2.05) is 6.92 Å². The Bertz CT molecular complexity index is 671. The largest absolute Gasteiger partial charge is 0.497 e. The van der Waals surface area contributed by atoms with Gasteiger partial charge in [0.2, 0.25) is 0 Å². The molecule has 1 aromatic carbocycles. The van der Waals surface area contributed by atoms with Crippen LogP contribution in [0, 0.1) is 0 Å². The maximum absolute atomic E-state index is 12.9. The molecule has 23 heavy (non-hydrogen) atoms. The minimum Gasteiger partial charge on any atom is -0.497 e. The lowest BCUT2D eigenvalue weighted by atomic mass is 10.1. The molecule has 0 aromatic heterocycles. The maximum atomic E-state index is 12.9. The van der Waals surface area contributed by atoms with Gasteiger partial charge in [0, 0.05) is 18.7 Å². The second-order valence-electron chi connectivity index (χ2n) is 5.62. The lowest BCUT2D eigenvalue weighted by molar-refractivity contribution is 0.0693. The van der Waals surface area contributed by atoms with Gasteiger partial charge in [0.15, 0.2) is 9.84 Å².